The number of benzene rings is 2. The Bertz CT molecular complexity index is 924. The molecule has 1 aromatic heterocycles. The highest BCUT2D eigenvalue weighted by Gasteiger charge is 2.22. The average Bonchev–Trinajstić information content (AvgIpc) is 3.22. The minimum atomic E-state index is -0.542. The van der Waals surface area contributed by atoms with E-state index in [9.17, 15) is 5.11 Å². The van der Waals surface area contributed by atoms with Gasteiger partial charge >= 0.3 is 0 Å². The lowest BCUT2D eigenvalue weighted by Crippen LogP contribution is -2.41. The van der Waals surface area contributed by atoms with Gasteiger partial charge in [0.15, 0.2) is 0 Å². The number of halogens is 1. The summed E-state index contributed by atoms with van der Waals surface area (Å²) in [7, 11) is 0. The van der Waals surface area contributed by atoms with Crippen LogP contribution in [0.2, 0.25) is 5.02 Å². The van der Waals surface area contributed by atoms with Crippen molar-refractivity contribution in [2.75, 3.05) is 32.8 Å². The number of H-pyrrole nitrogens is 1. The lowest BCUT2D eigenvalue weighted by atomic mass is 9.97. The summed E-state index contributed by atoms with van der Waals surface area (Å²) < 4.78 is 11.7. The summed E-state index contributed by atoms with van der Waals surface area (Å²) in [5.41, 5.74) is 1.72. The molecule has 1 aliphatic heterocycles. The van der Waals surface area contributed by atoms with Gasteiger partial charge in [0.1, 0.15) is 29.7 Å². The minimum absolute atomic E-state index is 0.252. The van der Waals surface area contributed by atoms with Crippen LogP contribution >= 0.6 is 11.6 Å². The molecule has 1 saturated heterocycles. The first-order valence-electron chi connectivity index (χ1n) is 10.0. The number of fused-ring (bicyclic) bond motifs is 1. The Morgan fingerprint density at radius 1 is 1.10 bits per heavy atom. The van der Waals surface area contributed by atoms with E-state index in [0.29, 0.717) is 29.8 Å². The molecule has 0 spiro atoms. The van der Waals surface area contributed by atoms with Crippen LogP contribution < -0.4 is 9.47 Å². The summed E-state index contributed by atoms with van der Waals surface area (Å²) in [4.78, 5) is 9.62. The van der Waals surface area contributed by atoms with Crippen molar-refractivity contribution in [3.63, 3.8) is 0 Å². The highest BCUT2D eigenvalue weighted by atomic mass is 35.5. The van der Waals surface area contributed by atoms with E-state index in [1.54, 1.807) is 6.33 Å². The van der Waals surface area contributed by atoms with Gasteiger partial charge in [-0.2, -0.15) is 0 Å². The first-order chi connectivity index (χ1) is 14.2. The van der Waals surface area contributed by atoms with Crippen LogP contribution in [0.5, 0.6) is 11.5 Å². The van der Waals surface area contributed by atoms with Crippen LogP contribution in [0.15, 0.2) is 48.8 Å². The second kappa shape index (κ2) is 9.48. The molecule has 29 heavy (non-hydrogen) atoms. The van der Waals surface area contributed by atoms with Crippen molar-refractivity contribution < 1.29 is 14.6 Å². The number of aliphatic hydroxyl groups is 1. The van der Waals surface area contributed by atoms with Gasteiger partial charge in [0.25, 0.3) is 0 Å². The Labute approximate surface area is 175 Å². The zero-order chi connectivity index (χ0) is 20.1. The standard InChI is InChI=1S/C22H26ClN3O3/c23-18-4-1-2-6-20(18)28-13-16-8-10-26(11-9-16)12-17(27)14-29-21-7-3-5-19-22(21)25-15-24-19/h1-7,15-17,27H,8-14H2,(H,24,25). The molecule has 2 heterocycles. The van der Waals surface area contributed by atoms with Gasteiger partial charge in [-0.15, -0.1) is 0 Å². The molecule has 0 radical (unpaired) electrons. The van der Waals surface area contributed by atoms with Crippen molar-refractivity contribution in [3.05, 3.63) is 53.8 Å². The third-order valence-electron chi connectivity index (χ3n) is 5.33. The molecule has 2 aromatic carbocycles. The monoisotopic (exact) mass is 415 g/mol. The molecule has 0 saturated carbocycles. The predicted octanol–water partition coefficient (Wildman–Crippen LogP) is 3.75. The summed E-state index contributed by atoms with van der Waals surface area (Å²) in [5, 5.41) is 11.1. The van der Waals surface area contributed by atoms with Crippen molar-refractivity contribution in [1.82, 2.24) is 14.9 Å². The number of β-amino-alcohol motifs (C(OH)–C–C–N with tert-alkyl or cyclic N) is 1. The first kappa shape index (κ1) is 20.0. The molecular weight excluding hydrogens is 390 g/mol. The number of hydrogen-bond acceptors (Lipinski definition) is 5. The van der Waals surface area contributed by atoms with Gasteiger partial charge in [-0.05, 0) is 56.1 Å². The fourth-order valence-corrected chi connectivity index (χ4v) is 3.89. The molecule has 7 heteroatoms. The molecule has 154 valence electrons. The Balaban J connectivity index is 1.18. The van der Waals surface area contributed by atoms with Gasteiger partial charge in [-0.3, -0.25) is 0 Å². The quantitative estimate of drug-likeness (QED) is 0.586. The maximum absolute atomic E-state index is 10.4. The third kappa shape index (κ3) is 5.21. The summed E-state index contributed by atoms with van der Waals surface area (Å²) in [6.45, 7) is 3.43. The van der Waals surface area contributed by atoms with Crippen molar-refractivity contribution in [1.29, 1.82) is 0 Å². The molecule has 0 amide bonds. The number of likely N-dealkylation sites (tertiary alicyclic amines) is 1. The molecule has 1 aliphatic rings. The molecule has 4 rings (SSSR count). The lowest BCUT2D eigenvalue weighted by molar-refractivity contribution is 0.0507. The Kier molecular flexibility index (Phi) is 6.54. The SMILES string of the molecule is OC(COc1cccc2[nH]cnc12)CN1CCC(COc2ccccc2Cl)CC1. The average molecular weight is 416 g/mol. The van der Waals surface area contributed by atoms with Gasteiger partial charge in [0.2, 0.25) is 0 Å². The van der Waals surface area contributed by atoms with Crippen molar-refractivity contribution in [2.45, 2.75) is 18.9 Å². The van der Waals surface area contributed by atoms with Gasteiger partial charge in [-0.25, -0.2) is 4.98 Å². The van der Waals surface area contributed by atoms with E-state index >= 15 is 0 Å². The zero-order valence-corrected chi connectivity index (χ0v) is 17.0. The molecule has 2 N–H and O–H groups in total. The fourth-order valence-electron chi connectivity index (χ4n) is 3.70. The van der Waals surface area contributed by atoms with Crippen molar-refractivity contribution in [3.8, 4) is 11.5 Å². The number of piperidine rings is 1. The fraction of sp³-hybridized carbons (Fsp3) is 0.409. The van der Waals surface area contributed by atoms with E-state index in [0.717, 1.165) is 42.7 Å². The van der Waals surface area contributed by atoms with Crippen LogP contribution in [0.3, 0.4) is 0 Å². The van der Waals surface area contributed by atoms with Crippen LogP contribution in [0, 0.1) is 5.92 Å². The van der Waals surface area contributed by atoms with Crippen LogP contribution in [-0.4, -0.2) is 58.9 Å². The van der Waals surface area contributed by atoms with Gasteiger partial charge in [0, 0.05) is 6.54 Å². The van der Waals surface area contributed by atoms with Crippen LogP contribution in [0.4, 0.5) is 0 Å². The normalized spacial score (nSPS) is 16.8. The Morgan fingerprint density at radius 2 is 1.90 bits per heavy atom. The van der Waals surface area contributed by atoms with Gasteiger partial charge in [0.05, 0.1) is 23.5 Å². The largest absolute Gasteiger partial charge is 0.492 e. The number of para-hydroxylation sites is 2. The van der Waals surface area contributed by atoms with Gasteiger partial charge in [-0.1, -0.05) is 29.8 Å². The maximum atomic E-state index is 10.4. The number of aliphatic hydroxyl groups excluding tert-OH is 1. The maximum Gasteiger partial charge on any atom is 0.147 e. The van der Waals surface area contributed by atoms with Crippen LogP contribution in [0.1, 0.15) is 12.8 Å². The molecule has 0 aliphatic carbocycles. The van der Waals surface area contributed by atoms with Crippen LogP contribution in [0.25, 0.3) is 11.0 Å². The number of rotatable bonds is 8. The zero-order valence-electron chi connectivity index (χ0n) is 16.3. The predicted molar refractivity (Wildman–Crippen MR) is 114 cm³/mol. The smallest absolute Gasteiger partial charge is 0.147 e. The lowest BCUT2D eigenvalue weighted by Gasteiger charge is -2.33. The molecule has 3 aromatic rings. The number of hydrogen-bond donors (Lipinski definition) is 2. The second-order valence-electron chi connectivity index (χ2n) is 7.51. The Morgan fingerprint density at radius 3 is 2.72 bits per heavy atom. The number of aromatic nitrogens is 2. The summed E-state index contributed by atoms with van der Waals surface area (Å²) in [6, 6.07) is 13.3. The topological polar surface area (TPSA) is 70.6 Å². The number of nitrogens with one attached hydrogen (secondary N) is 1. The molecule has 0 bridgehead atoms. The molecule has 1 atom stereocenters. The van der Waals surface area contributed by atoms with Gasteiger partial charge < -0.3 is 24.5 Å². The van der Waals surface area contributed by atoms with E-state index < -0.39 is 6.10 Å². The van der Waals surface area contributed by atoms with E-state index in [1.165, 1.54) is 0 Å². The van der Waals surface area contributed by atoms with E-state index in [1.807, 2.05) is 42.5 Å². The van der Waals surface area contributed by atoms with Crippen molar-refractivity contribution in [2.24, 2.45) is 5.92 Å². The summed E-state index contributed by atoms with van der Waals surface area (Å²) in [6.07, 6.45) is 3.20. The minimum Gasteiger partial charge on any atom is -0.492 e. The third-order valence-corrected chi connectivity index (χ3v) is 5.64. The summed E-state index contributed by atoms with van der Waals surface area (Å²) >= 11 is 6.14. The highest BCUT2D eigenvalue weighted by Crippen LogP contribution is 2.26. The second-order valence-corrected chi connectivity index (χ2v) is 7.91. The molecule has 6 nitrogen and oxygen atoms in total. The number of imidazole rings is 1. The van der Waals surface area contributed by atoms with Crippen molar-refractivity contribution >= 4 is 22.6 Å². The van der Waals surface area contributed by atoms with E-state index in [2.05, 4.69) is 14.9 Å². The van der Waals surface area contributed by atoms with E-state index in [-0.39, 0.29) is 6.61 Å². The number of aromatic amines is 1. The van der Waals surface area contributed by atoms with Crippen LogP contribution in [-0.2, 0) is 0 Å². The molecule has 1 fully saturated rings. The van der Waals surface area contributed by atoms with E-state index in [4.69, 9.17) is 21.1 Å². The molecular formula is C22H26ClN3O3. The number of nitrogens with zero attached hydrogens (tertiary/aromatic N) is 2. The first-order valence-corrected chi connectivity index (χ1v) is 10.4. The summed E-state index contributed by atoms with van der Waals surface area (Å²) in [5.74, 6) is 1.95. The highest BCUT2D eigenvalue weighted by molar-refractivity contribution is 6.32. The molecule has 1 unspecified atom stereocenters. The number of ether oxygens (including phenoxy) is 2. The Hall–Kier alpha value is -2.28.